The molecule has 0 spiro atoms. The molecule has 1 N–H and O–H groups in total. The molecular weight excluding hydrogens is 452 g/mol. The molecule has 1 saturated heterocycles. The third-order valence-corrected chi connectivity index (χ3v) is 6.22. The van der Waals surface area contributed by atoms with E-state index in [1.807, 2.05) is 30.3 Å². The summed E-state index contributed by atoms with van der Waals surface area (Å²) in [4.78, 5) is 19.6. The molecule has 1 aliphatic rings. The van der Waals surface area contributed by atoms with Gasteiger partial charge in [0.05, 0.1) is 18.7 Å². The Hall–Kier alpha value is -4.01. The van der Waals surface area contributed by atoms with Crippen molar-refractivity contribution in [1.29, 1.82) is 0 Å². The van der Waals surface area contributed by atoms with Gasteiger partial charge in [0, 0.05) is 43.7 Å². The molecule has 9 heteroatoms. The molecule has 2 aromatic heterocycles. The molecule has 35 heavy (non-hydrogen) atoms. The summed E-state index contributed by atoms with van der Waals surface area (Å²) in [5.74, 6) is -0.206. The Morgan fingerprint density at radius 1 is 1.17 bits per heavy atom. The second-order valence-corrected chi connectivity index (χ2v) is 8.62. The first-order valence-electron chi connectivity index (χ1n) is 11.5. The third-order valence-electron chi connectivity index (χ3n) is 6.22. The van der Waals surface area contributed by atoms with Gasteiger partial charge in [0.25, 0.3) is 0 Å². The third kappa shape index (κ3) is 4.94. The van der Waals surface area contributed by atoms with Gasteiger partial charge in [-0.15, -0.1) is 0 Å². The summed E-state index contributed by atoms with van der Waals surface area (Å²) in [7, 11) is 1.63. The van der Waals surface area contributed by atoms with Gasteiger partial charge in [-0.2, -0.15) is 5.10 Å². The van der Waals surface area contributed by atoms with Crippen molar-refractivity contribution in [3.05, 3.63) is 78.1 Å². The van der Waals surface area contributed by atoms with Crippen LogP contribution >= 0.6 is 0 Å². The van der Waals surface area contributed by atoms with Crippen molar-refractivity contribution in [2.75, 3.05) is 25.1 Å². The van der Waals surface area contributed by atoms with Crippen LogP contribution in [0.25, 0.3) is 16.8 Å². The lowest BCUT2D eigenvalue weighted by Gasteiger charge is -2.33. The van der Waals surface area contributed by atoms with E-state index in [0.717, 1.165) is 53.8 Å². The number of carbonyl (C=O) groups excluding carboxylic acids is 1. The topological polar surface area (TPSA) is 71.8 Å². The Balaban J connectivity index is 1.33. The summed E-state index contributed by atoms with van der Waals surface area (Å²) in [6.45, 7) is 1.34. The maximum atomic E-state index is 13.4. The number of hydrogen-bond donors (Lipinski definition) is 1. The number of amides is 1. The number of piperidine rings is 1. The smallest absolute Gasteiger partial charge is 0.225 e. The van der Waals surface area contributed by atoms with Gasteiger partial charge in [0.2, 0.25) is 5.91 Å². The number of hydrogen-bond acceptors (Lipinski definition) is 5. The second kappa shape index (κ2) is 9.69. The van der Waals surface area contributed by atoms with Crippen molar-refractivity contribution in [3.63, 3.8) is 0 Å². The molecule has 1 atom stereocenters. The van der Waals surface area contributed by atoms with E-state index in [1.54, 1.807) is 24.0 Å². The molecule has 0 bridgehead atoms. The number of carbonyl (C=O) groups is 1. The Kier molecular flexibility index (Phi) is 6.31. The molecule has 7 nitrogen and oxygen atoms in total. The van der Waals surface area contributed by atoms with E-state index in [9.17, 15) is 13.6 Å². The summed E-state index contributed by atoms with van der Waals surface area (Å²) in [5, 5.41) is 7.52. The first-order valence-corrected chi connectivity index (χ1v) is 11.5. The molecule has 0 saturated carbocycles. The van der Waals surface area contributed by atoms with E-state index < -0.39 is 11.6 Å². The number of rotatable bonds is 6. The minimum Gasteiger partial charge on any atom is -0.497 e. The van der Waals surface area contributed by atoms with Crippen molar-refractivity contribution in [2.24, 2.45) is 5.92 Å². The number of nitrogens with zero attached hydrogens (tertiary/aromatic N) is 4. The predicted octanol–water partition coefficient (Wildman–Crippen LogP) is 4.22. The van der Waals surface area contributed by atoms with Crippen LogP contribution < -0.4 is 15.0 Å². The lowest BCUT2D eigenvalue weighted by atomic mass is 9.97. The zero-order valence-corrected chi connectivity index (χ0v) is 19.2. The maximum absolute atomic E-state index is 13.4. The van der Waals surface area contributed by atoms with Gasteiger partial charge < -0.3 is 15.0 Å². The monoisotopic (exact) mass is 477 g/mol. The van der Waals surface area contributed by atoms with Crippen LogP contribution in [0.2, 0.25) is 0 Å². The van der Waals surface area contributed by atoms with E-state index >= 15 is 0 Å². The molecule has 4 aromatic rings. The first kappa shape index (κ1) is 22.8. The van der Waals surface area contributed by atoms with Crippen LogP contribution in [0.5, 0.6) is 5.75 Å². The number of methoxy groups -OCH3 is 1. The molecule has 180 valence electrons. The van der Waals surface area contributed by atoms with Gasteiger partial charge in [-0.25, -0.2) is 18.3 Å². The second-order valence-electron chi connectivity index (χ2n) is 8.62. The first-order chi connectivity index (χ1) is 17.0. The van der Waals surface area contributed by atoms with Crippen LogP contribution in [0.4, 0.5) is 14.6 Å². The predicted molar refractivity (Wildman–Crippen MR) is 128 cm³/mol. The highest BCUT2D eigenvalue weighted by Crippen LogP contribution is 2.29. The van der Waals surface area contributed by atoms with Crippen LogP contribution in [0, 0.1) is 17.6 Å². The number of ether oxygens (including phenoxy) is 1. The number of halogens is 2. The van der Waals surface area contributed by atoms with Crippen LogP contribution in [-0.4, -0.2) is 40.7 Å². The number of anilines is 1. The zero-order chi connectivity index (χ0) is 24.4. The molecule has 2 aromatic carbocycles. The van der Waals surface area contributed by atoms with Gasteiger partial charge in [-0.05, 0) is 48.7 Å². The minimum absolute atomic E-state index is 0.0738. The number of nitrogens with one attached hydrogen (secondary N) is 1. The molecule has 5 rings (SSSR count). The lowest BCUT2D eigenvalue weighted by Crippen LogP contribution is -2.43. The molecule has 0 radical (unpaired) electrons. The molecular formula is C26H25F2N5O2. The van der Waals surface area contributed by atoms with Crippen molar-refractivity contribution in [1.82, 2.24) is 19.9 Å². The zero-order valence-electron chi connectivity index (χ0n) is 19.2. The molecule has 0 unspecified atom stereocenters. The SMILES string of the molecule is COc1cccc(-c2cc3c(N4CCC[C@H](C(=O)NCc5cc(F)cc(F)c5)C4)nccn3n2)c1. The van der Waals surface area contributed by atoms with Crippen LogP contribution in [-0.2, 0) is 11.3 Å². The largest absolute Gasteiger partial charge is 0.497 e. The summed E-state index contributed by atoms with van der Waals surface area (Å²) < 4.78 is 34.0. The van der Waals surface area contributed by atoms with Crippen molar-refractivity contribution < 1.29 is 18.3 Å². The molecule has 3 heterocycles. The summed E-state index contributed by atoms with van der Waals surface area (Å²) in [6.07, 6.45) is 5.06. The minimum atomic E-state index is -0.661. The maximum Gasteiger partial charge on any atom is 0.225 e. The van der Waals surface area contributed by atoms with Gasteiger partial charge in [-0.3, -0.25) is 4.79 Å². The molecule has 1 aliphatic heterocycles. The fourth-order valence-corrected chi connectivity index (χ4v) is 4.51. The average molecular weight is 478 g/mol. The molecule has 1 amide bonds. The number of aromatic nitrogens is 3. The normalized spacial score (nSPS) is 15.9. The Morgan fingerprint density at radius 2 is 2.00 bits per heavy atom. The fourth-order valence-electron chi connectivity index (χ4n) is 4.51. The van der Waals surface area contributed by atoms with Gasteiger partial charge in [0.15, 0.2) is 5.82 Å². The molecule has 0 aliphatic carbocycles. The van der Waals surface area contributed by atoms with Crippen molar-refractivity contribution in [3.8, 4) is 17.0 Å². The average Bonchev–Trinajstić information content (AvgIpc) is 3.31. The van der Waals surface area contributed by atoms with Gasteiger partial charge in [-0.1, -0.05) is 12.1 Å². The van der Waals surface area contributed by atoms with E-state index in [2.05, 4.69) is 15.2 Å². The Labute approximate surface area is 201 Å². The number of benzene rings is 2. The standard InChI is InChI=1S/C26H25F2N5O2/c1-35-22-6-2-4-18(12-22)23-14-24-25(29-7-9-33(24)31-23)32-8-3-5-19(16-32)26(34)30-15-17-10-20(27)13-21(28)11-17/h2,4,6-7,9-14,19H,3,5,8,15-16H2,1H3,(H,30,34)/t19-/m0/s1. The Morgan fingerprint density at radius 3 is 2.80 bits per heavy atom. The quantitative estimate of drug-likeness (QED) is 0.450. The summed E-state index contributed by atoms with van der Waals surface area (Å²) >= 11 is 0. The fraction of sp³-hybridized carbons (Fsp3) is 0.269. The lowest BCUT2D eigenvalue weighted by molar-refractivity contribution is -0.125. The highest BCUT2D eigenvalue weighted by atomic mass is 19.1. The van der Waals surface area contributed by atoms with Crippen LogP contribution in [0.15, 0.2) is 60.9 Å². The summed E-state index contributed by atoms with van der Waals surface area (Å²) in [6, 6.07) is 13.0. The highest BCUT2D eigenvalue weighted by Gasteiger charge is 2.28. The highest BCUT2D eigenvalue weighted by molar-refractivity contribution is 5.81. The van der Waals surface area contributed by atoms with Crippen LogP contribution in [0.1, 0.15) is 18.4 Å². The van der Waals surface area contributed by atoms with Crippen LogP contribution in [0.3, 0.4) is 0 Å². The van der Waals surface area contributed by atoms with E-state index in [0.29, 0.717) is 12.1 Å². The van der Waals surface area contributed by atoms with Gasteiger partial charge in [0.1, 0.15) is 22.9 Å². The molecule has 1 fully saturated rings. The van der Waals surface area contributed by atoms with E-state index in [4.69, 9.17) is 9.84 Å². The summed E-state index contributed by atoms with van der Waals surface area (Å²) in [5.41, 5.74) is 2.97. The van der Waals surface area contributed by atoms with Crippen molar-refractivity contribution in [2.45, 2.75) is 19.4 Å². The van der Waals surface area contributed by atoms with Gasteiger partial charge >= 0.3 is 0 Å². The van der Waals surface area contributed by atoms with Crippen molar-refractivity contribution >= 4 is 17.2 Å². The van der Waals surface area contributed by atoms with E-state index in [1.165, 1.54) is 12.1 Å². The number of fused-ring (bicyclic) bond motifs is 1. The van der Waals surface area contributed by atoms with E-state index in [-0.39, 0.29) is 18.4 Å². The Bertz CT molecular complexity index is 1350.